The predicted octanol–water partition coefficient (Wildman–Crippen LogP) is 3.98. The second-order valence-electron chi connectivity index (χ2n) is 7.16. The fraction of sp³-hybridized carbons (Fsp3) is 0.333. The molecule has 6 heteroatoms. The van der Waals surface area contributed by atoms with Crippen LogP contribution in [0.15, 0.2) is 54.6 Å². The van der Waals surface area contributed by atoms with Crippen molar-refractivity contribution in [2.45, 2.75) is 19.8 Å². The monoisotopic (exact) mass is 408 g/mol. The first kappa shape index (κ1) is 21.4. The number of carbonyl (C=O) groups excluding carboxylic acids is 2. The number of para-hydroxylation sites is 1. The number of amides is 2. The summed E-state index contributed by atoms with van der Waals surface area (Å²) >= 11 is 0. The zero-order valence-electron chi connectivity index (χ0n) is 17.5. The summed E-state index contributed by atoms with van der Waals surface area (Å²) in [5, 5.41) is 2.94. The molecule has 1 unspecified atom stereocenters. The number of hydrogen-bond acceptors (Lipinski definition) is 4. The second kappa shape index (κ2) is 10.5. The van der Waals surface area contributed by atoms with Crippen LogP contribution in [-0.2, 0) is 9.59 Å². The van der Waals surface area contributed by atoms with Gasteiger partial charge in [-0.3, -0.25) is 9.59 Å². The molecular formula is C24H28N2O4. The molecule has 1 heterocycles. The summed E-state index contributed by atoms with van der Waals surface area (Å²) in [5.74, 6) is 0.953. The van der Waals surface area contributed by atoms with Crippen LogP contribution in [-0.4, -0.2) is 43.5 Å². The largest absolute Gasteiger partial charge is 0.493 e. The molecule has 2 aromatic carbocycles. The molecule has 0 saturated carbocycles. The van der Waals surface area contributed by atoms with Crippen molar-refractivity contribution in [1.82, 2.24) is 4.90 Å². The third-order valence-electron chi connectivity index (χ3n) is 5.05. The number of ether oxygens (including phenoxy) is 2. The van der Waals surface area contributed by atoms with Gasteiger partial charge < -0.3 is 19.7 Å². The number of rotatable bonds is 7. The molecule has 0 aliphatic carbocycles. The lowest BCUT2D eigenvalue weighted by Crippen LogP contribution is -2.43. The van der Waals surface area contributed by atoms with Gasteiger partial charge in [0.15, 0.2) is 11.5 Å². The number of piperidine rings is 1. The molecule has 2 aromatic rings. The fourth-order valence-electron chi connectivity index (χ4n) is 3.49. The van der Waals surface area contributed by atoms with E-state index in [4.69, 9.17) is 9.47 Å². The van der Waals surface area contributed by atoms with E-state index in [-0.39, 0.29) is 17.7 Å². The summed E-state index contributed by atoms with van der Waals surface area (Å²) in [5.41, 5.74) is 1.62. The normalized spacial score (nSPS) is 16.3. The van der Waals surface area contributed by atoms with Gasteiger partial charge in [-0.2, -0.15) is 0 Å². The smallest absolute Gasteiger partial charge is 0.246 e. The molecule has 1 aliphatic heterocycles. The number of nitrogens with one attached hydrogen (secondary N) is 1. The van der Waals surface area contributed by atoms with Gasteiger partial charge in [0.05, 0.1) is 19.6 Å². The summed E-state index contributed by atoms with van der Waals surface area (Å²) in [7, 11) is 1.59. The van der Waals surface area contributed by atoms with E-state index in [9.17, 15) is 9.59 Å². The Kier molecular flexibility index (Phi) is 7.49. The van der Waals surface area contributed by atoms with E-state index in [1.165, 1.54) is 0 Å². The lowest BCUT2D eigenvalue weighted by molar-refractivity contribution is -0.130. The Hall–Kier alpha value is -3.28. The van der Waals surface area contributed by atoms with Crippen LogP contribution in [0.1, 0.15) is 25.3 Å². The number of methoxy groups -OCH3 is 1. The molecule has 1 aliphatic rings. The molecule has 1 N–H and O–H groups in total. The topological polar surface area (TPSA) is 67.9 Å². The quantitative estimate of drug-likeness (QED) is 0.704. The molecule has 0 radical (unpaired) electrons. The van der Waals surface area contributed by atoms with Gasteiger partial charge in [0, 0.05) is 24.9 Å². The molecule has 0 aromatic heterocycles. The second-order valence-corrected chi connectivity index (χ2v) is 7.16. The van der Waals surface area contributed by atoms with Crippen LogP contribution in [0.3, 0.4) is 0 Å². The Morgan fingerprint density at radius 1 is 1.17 bits per heavy atom. The molecule has 158 valence electrons. The fourth-order valence-corrected chi connectivity index (χ4v) is 3.49. The van der Waals surface area contributed by atoms with E-state index in [1.807, 2.05) is 55.5 Å². The molecular weight excluding hydrogens is 380 g/mol. The molecule has 6 nitrogen and oxygen atoms in total. The van der Waals surface area contributed by atoms with Crippen molar-refractivity contribution in [3.8, 4) is 11.5 Å². The van der Waals surface area contributed by atoms with Gasteiger partial charge in [-0.1, -0.05) is 24.3 Å². The summed E-state index contributed by atoms with van der Waals surface area (Å²) in [6.07, 6.45) is 4.90. The maximum atomic E-state index is 12.7. The molecule has 0 bridgehead atoms. The van der Waals surface area contributed by atoms with Crippen LogP contribution in [0.4, 0.5) is 5.69 Å². The first-order chi connectivity index (χ1) is 14.6. The van der Waals surface area contributed by atoms with Crippen molar-refractivity contribution in [2.24, 2.45) is 5.92 Å². The van der Waals surface area contributed by atoms with Crippen molar-refractivity contribution in [3.05, 3.63) is 60.2 Å². The highest BCUT2D eigenvalue weighted by molar-refractivity contribution is 5.95. The third-order valence-corrected chi connectivity index (χ3v) is 5.05. The first-order valence-electron chi connectivity index (χ1n) is 10.2. The number of carbonyl (C=O) groups is 2. The van der Waals surface area contributed by atoms with E-state index in [2.05, 4.69) is 5.32 Å². The number of anilines is 1. The lowest BCUT2D eigenvalue weighted by atomic mass is 9.97. The average molecular weight is 408 g/mol. The van der Waals surface area contributed by atoms with E-state index >= 15 is 0 Å². The van der Waals surface area contributed by atoms with Crippen LogP contribution in [0.2, 0.25) is 0 Å². The van der Waals surface area contributed by atoms with E-state index in [0.29, 0.717) is 31.2 Å². The van der Waals surface area contributed by atoms with Gasteiger partial charge in [-0.05, 0) is 55.7 Å². The Labute approximate surface area is 177 Å². The molecule has 30 heavy (non-hydrogen) atoms. The molecule has 3 rings (SSSR count). The zero-order chi connectivity index (χ0) is 21.3. The van der Waals surface area contributed by atoms with Gasteiger partial charge >= 0.3 is 0 Å². The standard InChI is InChI=1S/C24H28N2O4/c1-3-30-21-13-11-18(16-22(21)29-2)12-14-23(27)26-15-7-8-19(17-26)24(28)25-20-9-5-4-6-10-20/h4-6,9-14,16,19H,3,7-8,15,17H2,1-2H3,(H,25,28)/b14-12+. The maximum Gasteiger partial charge on any atom is 0.246 e. The number of likely N-dealkylation sites (tertiary alicyclic amines) is 1. The van der Waals surface area contributed by atoms with Gasteiger partial charge in [0.2, 0.25) is 11.8 Å². The van der Waals surface area contributed by atoms with E-state index in [0.717, 1.165) is 24.1 Å². The number of benzene rings is 2. The van der Waals surface area contributed by atoms with E-state index < -0.39 is 0 Å². The van der Waals surface area contributed by atoms with Crippen molar-refractivity contribution in [2.75, 3.05) is 32.1 Å². The molecule has 0 spiro atoms. The summed E-state index contributed by atoms with van der Waals surface area (Å²) < 4.78 is 10.9. The molecule has 1 atom stereocenters. The minimum absolute atomic E-state index is 0.0427. The SMILES string of the molecule is CCOc1ccc(/C=C/C(=O)N2CCCC(C(=O)Nc3ccccc3)C2)cc1OC. The van der Waals surface area contributed by atoms with Crippen LogP contribution in [0.5, 0.6) is 11.5 Å². The highest BCUT2D eigenvalue weighted by Gasteiger charge is 2.27. The molecule has 1 saturated heterocycles. The van der Waals surface area contributed by atoms with E-state index in [1.54, 1.807) is 24.2 Å². The Morgan fingerprint density at radius 3 is 2.70 bits per heavy atom. The summed E-state index contributed by atoms with van der Waals surface area (Å²) in [6, 6.07) is 14.9. The van der Waals surface area contributed by atoms with Crippen molar-refractivity contribution in [3.63, 3.8) is 0 Å². The van der Waals surface area contributed by atoms with Gasteiger partial charge in [0.1, 0.15) is 0 Å². The number of nitrogens with zero attached hydrogens (tertiary/aromatic N) is 1. The van der Waals surface area contributed by atoms with Gasteiger partial charge in [-0.25, -0.2) is 0 Å². The molecule has 2 amide bonds. The lowest BCUT2D eigenvalue weighted by Gasteiger charge is -2.31. The Bertz CT molecular complexity index is 895. The van der Waals surface area contributed by atoms with Crippen molar-refractivity contribution < 1.29 is 19.1 Å². The minimum Gasteiger partial charge on any atom is -0.493 e. The first-order valence-corrected chi connectivity index (χ1v) is 10.2. The average Bonchev–Trinajstić information content (AvgIpc) is 2.79. The maximum absolute atomic E-state index is 12.7. The van der Waals surface area contributed by atoms with Gasteiger partial charge in [-0.15, -0.1) is 0 Å². The van der Waals surface area contributed by atoms with Crippen molar-refractivity contribution >= 4 is 23.6 Å². The van der Waals surface area contributed by atoms with Crippen LogP contribution >= 0.6 is 0 Å². The summed E-state index contributed by atoms with van der Waals surface area (Å²) in [4.78, 5) is 27.0. The minimum atomic E-state index is -0.207. The molecule has 1 fully saturated rings. The highest BCUT2D eigenvalue weighted by atomic mass is 16.5. The van der Waals surface area contributed by atoms with Crippen LogP contribution in [0, 0.1) is 5.92 Å². The third kappa shape index (κ3) is 5.63. The van der Waals surface area contributed by atoms with Gasteiger partial charge in [0.25, 0.3) is 0 Å². The predicted molar refractivity (Wildman–Crippen MR) is 118 cm³/mol. The van der Waals surface area contributed by atoms with Crippen molar-refractivity contribution in [1.29, 1.82) is 0 Å². The van der Waals surface area contributed by atoms with Crippen LogP contribution < -0.4 is 14.8 Å². The Morgan fingerprint density at radius 2 is 1.97 bits per heavy atom. The number of hydrogen-bond donors (Lipinski definition) is 1. The van der Waals surface area contributed by atoms with Crippen LogP contribution in [0.25, 0.3) is 6.08 Å². The summed E-state index contributed by atoms with van der Waals surface area (Å²) in [6.45, 7) is 3.55. The Balaban J connectivity index is 1.60. The zero-order valence-corrected chi connectivity index (χ0v) is 17.5. The highest BCUT2D eigenvalue weighted by Crippen LogP contribution is 2.28.